The summed E-state index contributed by atoms with van der Waals surface area (Å²) in [6.45, 7) is 7.43. The zero-order valence-corrected chi connectivity index (χ0v) is 16.0. The van der Waals surface area contributed by atoms with Gasteiger partial charge in [-0.1, -0.05) is 39.0 Å². The van der Waals surface area contributed by atoms with E-state index >= 15 is 0 Å². The van der Waals surface area contributed by atoms with Crippen molar-refractivity contribution in [1.82, 2.24) is 0 Å². The standard InChI is InChI=1S/C24H34/c1-22(2,3)21-19(23-11-7-17(15-23)8-12-23)5-4-6-20(21)24-13-9-18(16-24)10-14-24/h4-6,17-18H,7-16H2,1-3H3. The van der Waals surface area contributed by atoms with Gasteiger partial charge in [-0.25, -0.2) is 0 Å². The van der Waals surface area contributed by atoms with Crippen molar-refractivity contribution in [3.63, 3.8) is 0 Å². The Kier molecular flexibility index (Phi) is 3.15. The van der Waals surface area contributed by atoms with Gasteiger partial charge in [0.1, 0.15) is 0 Å². The molecule has 0 heteroatoms. The molecule has 0 nitrogen and oxygen atoms in total. The van der Waals surface area contributed by atoms with Crippen LogP contribution in [0.4, 0.5) is 0 Å². The molecule has 5 rings (SSSR count). The third kappa shape index (κ3) is 2.04. The monoisotopic (exact) mass is 322 g/mol. The highest BCUT2D eigenvalue weighted by Crippen LogP contribution is 2.61. The first-order chi connectivity index (χ1) is 11.4. The highest BCUT2D eigenvalue weighted by molar-refractivity contribution is 5.50. The van der Waals surface area contributed by atoms with Gasteiger partial charge in [0.25, 0.3) is 0 Å². The smallest absolute Gasteiger partial charge is 0.00411 e. The van der Waals surface area contributed by atoms with Crippen LogP contribution in [-0.4, -0.2) is 0 Å². The second-order valence-corrected chi connectivity index (χ2v) is 10.8. The molecule has 0 radical (unpaired) electrons. The molecule has 130 valence electrons. The maximum absolute atomic E-state index is 2.54. The van der Waals surface area contributed by atoms with E-state index in [1.54, 1.807) is 16.7 Å². The van der Waals surface area contributed by atoms with E-state index in [2.05, 4.69) is 39.0 Å². The molecule has 0 atom stereocenters. The van der Waals surface area contributed by atoms with Crippen molar-refractivity contribution >= 4 is 0 Å². The van der Waals surface area contributed by atoms with E-state index in [9.17, 15) is 0 Å². The van der Waals surface area contributed by atoms with Crippen molar-refractivity contribution in [1.29, 1.82) is 0 Å². The molecule has 4 fully saturated rings. The molecule has 0 unspecified atom stereocenters. The zero-order valence-electron chi connectivity index (χ0n) is 16.0. The van der Waals surface area contributed by atoms with Crippen molar-refractivity contribution < 1.29 is 0 Å². The SMILES string of the molecule is CC(C)(C)c1c(C23CCC(CC2)C3)cccc1C12CCC(CC1)C2. The number of hydrogen-bond acceptors (Lipinski definition) is 0. The normalized spacial score (nSPS) is 40.6. The first kappa shape index (κ1) is 15.5. The van der Waals surface area contributed by atoms with E-state index in [4.69, 9.17) is 0 Å². The lowest BCUT2D eigenvalue weighted by molar-refractivity contribution is 0.388. The van der Waals surface area contributed by atoms with Crippen LogP contribution in [0.15, 0.2) is 18.2 Å². The summed E-state index contributed by atoms with van der Waals surface area (Å²) in [6, 6.07) is 7.51. The highest BCUT2D eigenvalue weighted by Gasteiger charge is 2.51. The quantitative estimate of drug-likeness (QED) is 0.572. The summed E-state index contributed by atoms with van der Waals surface area (Å²) in [5.41, 5.74) is 6.67. The van der Waals surface area contributed by atoms with E-state index < -0.39 is 0 Å². The Morgan fingerprint density at radius 3 is 1.46 bits per heavy atom. The van der Waals surface area contributed by atoms with Crippen LogP contribution in [0.1, 0.15) is 102 Å². The second-order valence-electron chi connectivity index (χ2n) is 10.8. The minimum Gasteiger partial charge on any atom is -0.0617 e. The van der Waals surface area contributed by atoms with Crippen LogP contribution in [0.25, 0.3) is 0 Å². The Labute approximate surface area is 148 Å². The fourth-order valence-corrected chi connectivity index (χ4v) is 7.38. The van der Waals surface area contributed by atoms with Gasteiger partial charge in [0.15, 0.2) is 0 Å². The summed E-state index contributed by atoms with van der Waals surface area (Å²) < 4.78 is 0. The van der Waals surface area contributed by atoms with Gasteiger partial charge in [-0.05, 0) is 109 Å². The number of hydrogen-bond donors (Lipinski definition) is 0. The molecule has 4 bridgehead atoms. The first-order valence-electron chi connectivity index (χ1n) is 10.6. The van der Waals surface area contributed by atoms with Gasteiger partial charge in [-0.3, -0.25) is 0 Å². The largest absolute Gasteiger partial charge is 0.0617 e. The fourth-order valence-electron chi connectivity index (χ4n) is 7.38. The van der Waals surface area contributed by atoms with Crippen LogP contribution in [0.3, 0.4) is 0 Å². The van der Waals surface area contributed by atoms with E-state index in [0.717, 1.165) is 11.8 Å². The lowest BCUT2D eigenvalue weighted by Gasteiger charge is -2.40. The fraction of sp³-hybridized carbons (Fsp3) is 0.750. The summed E-state index contributed by atoms with van der Waals surface area (Å²) in [5, 5.41) is 0. The van der Waals surface area contributed by atoms with Crippen LogP contribution >= 0.6 is 0 Å². The minimum atomic E-state index is 0.275. The van der Waals surface area contributed by atoms with Crippen LogP contribution < -0.4 is 0 Å². The topological polar surface area (TPSA) is 0 Å². The van der Waals surface area contributed by atoms with Crippen molar-refractivity contribution in [2.24, 2.45) is 11.8 Å². The Morgan fingerprint density at radius 2 is 1.17 bits per heavy atom. The molecule has 4 aliphatic rings. The molecule has 1 aromatic carbocycles. The molecule has 1 aromatic rings. The van der Waals surface area contributed by atoms with Crippen molar-refractivity contribution in [2.45, 2.75) is 101 Å². The molecule has 24 heavy (non-hydrogen) atoms. The van der Waals surface area contributed by atoms with Gasteiger partial charge >= 0.3 is 0 Å². The van der Waals surface area contributed by atoms with Crippen LogP contribution in [0, 0.1) is 11.8 Å². The Bertz CT molecular complexity index is 595. The molecule has 0 spiro atoms. The molecule has 0 saturated heterocycles. The molecule has 4 aliphatic carbocycles. The van der Waals surface area contributed by atoms with Gasteiger partial charge in [0.05, 0.1) is 0 Å². The maximum atomic E-state index is 2.54. The average Bonchev–Trinajstić information content (AvgIpc) is 3.34. The maximum Gasteiger partial charge on any atom is -0.00411 e. The van der Waals surface area contributed by atoms with Crippen molar-refractivity contribution in [3.8, 4) is 0 Å². The first-order valence-corrected chi connectivity index (χ1v) is 10.6. The van der Waals surface area contributed by atoms with E-state index in [-0.39, 0.29) is 5.41 Å². The Balaban J connectivity index is 1.70. The molecule has 0 amide bonds. The molecule has 0 heterocycles. The van der Waals surface area contributed by atoms with Crippen molar-refractivity contribution in [3.05, 3.63) is 34.9 Å². The van der Waals surface area contributed by atoms with Crippen LogP contribution in [0.2, 0.25) is 0 Å². The molecule has 4 saturated carbocycles. The third-order valence-electron chi connectivity index (χ3n) is 8.44. The minimum absolute atomic E-state index is 0.275. The van der Waals surface area contributed by atoms with Gasteiger partial charge in [-0.15, -0.1) is 0 Å². The summed E-state index contributed by atoms with van der Waals surface area (Å²) in [7, 11) is 0. The third-order valence-corrected chi connectivity index (χ3v) is 8.44. The van der Waals surface area contributed by atoms with E-state index in [1.165, 1.54) is 64.2 Å². The molecule has 0 aliphatic heterocycles. The van der Waals surface area contributed by atoms with E-state index in [1.807, 2.05) is 0 Å². The second kappa shape index (κ2) is 4.89. The summed E-state index contributed by atoms with van der Waals surface area (Å²) in [4.78, 5) is 0. The van der Waals surface area contributed by atoms with Gasteiger partial charge in [0.2, 0.25) is 0 Å². The van der Waals surface area contributed by atoms with Gasteiger partial charge < -0.3 is 0 Å². The lowest BCUT2D eigenvalue weighted by atomic mass is 9.64. The van der Waals surface area contributed by atoms with Crippen molar-refractivity contribution in [2.75, 3.05) is 0 Å². The molecular weight excluding hydrogens is 288 g/mol. The van der Waals surface area contributed by atoms with E-state index in [0.29, 0.717) is 10.8 Å². The van der Waals surface area contributed by atoms with Gasteiger partial charge in [0, 0.05) is 0 Å². The number of benzene rings is 1. The van der Waals surface area contributed by atoms with Crippen LogP contribution in [-0.2, 0) is 16.2 Å². The molecule has 0 aromatic heterocycles. The Morgan fingerprint density at radius 1 is 0.750 bits per heavy atom. The average molecular weight is 323 g/mol. The Hall–Kier alpha value is -0.780. The predicted octanol–water partition coefficient (Wildman–Crippen LogP) is 6.65. The summed E-state index contributed by atoms with van der Waals surface area (Å²) >= 11 is 0. The van der Waals surface area contributed by atoms with Crippen LogP contribution in [0.5, 0.6) is 0 Å². The molecular formula is C24H34. The summed E-state index contributed by atoms with van der Waals surface area (Å²) in [5.74, 6) is 2.06. The number of rotatable bonds is 2. The molecule has 0 N–H and O–H groups in total. The predicted molar refractivity (Wildman–Crippen MR) is 102 cm³/mol. The zero-order chi connectivity index (χ0) is 16.6. The lowest BCUT2D eigenvalue weighted by Crippen LogP contribution is -2.32. The number of fused-ring (bicyclic) bond motifs is 4. The summed E-state index contributed by atoms with van der Waals surface area (Å²) in [6.07, 6.45) is 14.7. The highest BCUT2D eigenvalue weighted by atomic mass is 14.6. The van der Waals surface area contributed by atoms with Gasteiger partial charge in [-0.2, -0.15) is 0 Å².